The van der Waals surface area contributed by atoms with Gasteiger partial charge < -0.3 is 0 Å². The first-order chi connectivity index (χ1) is 8.13. The van der Waals surface area contributed by atoms with E-state index < -0.39 is 0 Å². The first kappa shape index (κ1) is 15.1. The van der Waals surface area contributed by atoms with Crippen LogP contribution in [0.1, 0.15) is 79.6 Å². The van der Waals surface area contributed by atoms with E-state index in [1.165, 1.54) is 44.9 Å². The van der Waals surface area contributed by atoms with Crippen LogP contribution >= 0.6 is 0 Å². The summed E-state index contributed by atoms with van der Waals surface area (Å²) in [6.45, 7) is 12.1. The average Bonchev–Trinajstić information content (AvgIpc) is 2.33. The van der Waals surface area contributed by atoms with Crippen LogP contribution in [-0.2, 0) is 0 Å². The van der Waals surface area contributed by atoms with Gasteiger partial charge in [0.05, 0.1) is 0 Å². The van der Waals surface area contributed by atoms with Gasteiger partial charge in [-0.05, 0) is 42.4 Å². The van der Waals surface area contributed by atoms with E-state index in [1.807, 2.05) is 0 Å². The van der Waals surface area contributed by atoms with Crippen molar-refractivity contribution in [3.8, 4) is 0 Å². The Morgan fingerprint density at radius 1 is 1.06 bits per heavy atom. The Balaban J connectivity index is 2.54. The highest BCUT2D eigenvalue weighted by Gasteiger charge is 2.32. The monoisotopic (exact) mass is 238 g/mol. The molecule has 17 heavy (non-hydrogen) atoms. The first-order valence-electron chi connectivity index (χ1n) is 8.13. The summed E-state index contributed by atoms with van der Waals surface area (Å²) in [6.07, 6.45) is 10.1. The molecule has 4 unspecified atom stereocenters. The van der Waals surface area contributed by atoms with Gasteiger partial charge in [0.25, 0.3) is 0 Å². The van der Waals surface area contributed by atoms with Crippen molar-refractivity contribution in [3.63, 3.8) is 0 Å². The minimum atomic E-state index is 0.955. The van der Waals surface area contributed by atoms with E-state index in [0.717, 1.165) is 29.6 Å². The second-order valence-electron chi connectivity index (χ2n) is 6.53. The molecular weight excluding hydrogens is 204 g/mol. The zero-order valence-electron chi connectivity index (χ0n) is 12.8. The predicted octanol–water partition coefficient (Wildman–Crippen LogP) is 5.91. The van der Waals surface area contributed by atoms with Gasteiger partial charge in [-0.3, -0.25) is 0 Å². The topological polar surface area (TPSA) is 0 Å². The summed E-state index contributed by atoms with van der Waals surface area (Å²) in [5.74, 6) is 4.95. The Labute approximate surface area is 110 Å². The van der Waals surface area contributed by atoms with Crippen LogP contribution < -0.4 is 0 Å². The van der Waals surface area contributed by atoms with E-state index in [-0.39, 0.29) is 0 Å². The van der Waals surface area contributed by atoms with E-state index in [4.69, 9.17) is 0 Å². The van der Waals surface area contributed by atoms with Gasteiger partial charge in [-0.1, -0.05) is 66.7 Å². The molecule has 0 N–H and O–H groups in total. The summed E-state index contributed by atoms with van der Waals surface area (Å²) in [5, 5.41) is 0. The second-order valence-corrected chi connectivity index (χ2v) is 6.53. The Hall–Kier alpha value is 0. The van der Waals surface area contributed by atoms with Crippen molar-refractivity contribution in [2.45, 2.75) is 79.6 Å². The van der Waals surface area contributed by atoms with Gasteiger partial charge in [0, 0.05) is 0 Å². The zero-order valence-corrected chi connectivity index (χ0v) is 12.8. The van der Waals surface area contributed by atoms with E-state index in [2.05, 4.69) is 34.6 Å². The van der Waals surface area contributed by atoms with Gasteiger partial charge in [-0.15, -0.1) is 0 Å². The molecule has 4 atom stereocenters. The number of hydrogen-bond acceptors (Lipinski definition) is 0. The van der Waals surface area contributed by atoms with Crippen molar-refractivity contribution in [2.75, 3.05) is 0 Å². The van der Waals surface area contributed by atoms with E-state index in [0.29, 0.717) is 0 Å². The molecule has 0 heteroatoms. The lowest BCUT2D eigenvalue weighted by Crippen LogP contribution is -2.29. The molecule has 0 radical (unpaired) electrons. The third-order valence-corrected chi connectivity index (χ3v) is 5.60. The Kier molecular flexibility index (Phi) is 6.59. The number of rotatable bonds is 6. The van der Waals surface area contributed by atoms with Crippen LogP contribution in [0.2, 0.25) is 0 Å². The summed E-state index contributed by atoms with van der Waals surface area (Å²) >= 11 is 0. The maximum absolute atomic E-state index is 2.53. The molecule has 0 aliphatic heterocycles. The molecule has 0 amide bonds. The van der Waals surface area contributed by atoms with Crippen LogP contribution in [0.4, 0.5) is 0 Å². The molecule has 0 aromatic rings. The molecule has 0 aromatic carbocycles. The first-order valence-corrected chi connectivity index (χ1v) is 8.13. The van der Waals surface area contributed by atoms with Crippen LogP contribution in [0, 0.1) is 29.6 Å². The fourth-order valence-electron chi connectivity index (χ4n) is 4.12. The molecule has 0 heterocycles. The summed E-state index contributed by atoms with van der Waals surface area (Å²) in [4.78, 5) is 0. The Morgan fingerprint density at radius 2 is 1.71 bits per heavy atom. The van der Waals surface area contributed by atoms with E-state index in [9.17, 15) is 0 Å². The molecule has 1 fully saturated rings. The Bertz CT molecular complexity index is 192. The molecule has 0 bridgehead atoms. The van der Waals surface area contributed by atoms with Crippen LogP contribution in [0.15, 0.2) is 0 Å². The summed E-state index contributed by atoms with van der Waals surface area (Å²) < 4.78 is 0. The largest absolute Gasteiger partial charge is 0.0654 e. The van der Waals surface area contributed by atoms with Crippen molar-refractivity contribution in [1.82, 2.24) is 0 Å². The zero-order chi connectivity index (χ0) is 12.8. The quantitative estimate of drug-likeness (QED) is 0.539. The highest BCUT2D eigenvalue weighted by atomic mass is 14.4. The molecule has 0 aromatic heterocycles. The molecular formula is C17H34. The van der Waals surface area contributed by atoms with E-state index in [1.54, 1.807) is 0 Å². The van der Waals surface area contributed by atoms with Crippen molar-refractivity contribution in [1.29, 1.82) is 0 Å². The molecule has 1 saturated carbocycles. The lowest BCUT2D eigenvalue weighted by Gasteiger charge is -2.39. The lowest BCUT2D eigenvalue weighted by molar-refractivity contribution is 0.111. The average molecular weight is 238 g/mol. The molecule has 0 nitrogen and oxygen atoms in total. The molecule has 102 valence electrons. The molecule has 1 aliphatic carbocycles. The van der Waals surface area contributed by atoms with Gasteiger partial charge >= 0.3 is 0 Å². The fraction of sp³-hybridized carbons (Fsp3) is 1.00. The standard InChI is InChI=1S/C17H34/c1-6-9-16-12-17(11-10-13(16)4)14(5)15(7-2)8-3/h13-17H,6-12H2,1-5H3. The Morgan fingerprint density at radius 3 is 2.24 bits per heavy atom. The smallest absolute Gasteiger partial charge is 0.0383 e. The highest BCUT2D eigenvalue weighted by molar-refractivity contribution is 4.82. The summed E-state index contributed by atoms with van der Waals surface area (Å²) in [5.41, 5.74) is 0. The van der Waals surface area contributed by atoms with Gasteiger partial charge in [-0.2, -0.15) is 0 Å². The lowest BCUT2D eigenvalue weighted by atomic mass is 9.66. The molecule has 1 rings (SSSR count). The number of hydrogen-bond donors (Lipinski definition) is 0. The minimum absolute atomic E-state index is 0.955. The van der Waals surface area contributed by atoms with Gasteiger partial charge in [0.2, 0.25) is 0 Å². The maximum atomic E-state index is 2.53. The summed E-state index contributed by atoms with van der Waals surface area (Å²) in [7, 11) is 0. The third kappa shape index (κ3) is 4.00. The van der Waals surface area contributed by atoms with Crippen molar-refractivity contribution >= 4 is 0 Å². The normalized spacial score (nSPS) is 31.8. The van der Waals surface area contributed by atoms with Crippen molar-refractivity contribution in [3.05, 3.63) is 0 Å². The minimum Gasteiger partial charge on any atom is -0.0654 e. The van der Waals surface area contributed by atoms with Crippen molar-refractivity contribution < 1.29 is 0 Å². The van der Waals surface area contributed by atoms with Crippen molar-refractivity contribution in [2.24, 2.45) is 29.6 Å². The fourth-order valence-corrected chi connectivity index (χ4v) is 4.12. The van der Waals surface area contributed by atoms with Gasteiger partial charge in [0.1, 0.15) is 0 Å². The maximum Gasteiger partial charge on any atom is -0.0383 e. The predicted molar refractivity (Wildman–Crippen MR) is 78.1 cm³/mol. The highest BCUT2D eigenvalue weighted by Crippen LogP contribution is 2.42. The molecule has 0 spiro atoms. The van der Waals surface area contributed by atoms with Gasteiger partial charge in [0.15, 0.2) is 0 Å². The third-order valence-electron chi connectivity index (χ3n) is 5.60. The molecule has 0 saturated heterocycles. The van der Waals surface area contributed by atoms with E-state index >= 15 is 0 Å². The summed E-state index contributed by atoms with van der Waals surface area (Å²) in [6, 6.07) is 0. The van der Waals surface area contributed by atoms with Gasteiger partial charge in [-0.25, -0.2) is 0 Å². The van der Waals surface area contributed by atoms with Crippen LogP contribution in [0.5, 0.6) is 0 Å². The SMILES string of the molecule is CCCC1CC(C(C)C(CC)CC)CCC1C. The molecule has 1 aliphatic rings. The second kappa shape index (κ2) is 7.44. The van der Waals surface area contributed by atoms with Crippen LogP contribution in [0.25, 0.3) is 0 Å². The van der Waals surface area contributed by atoms with Crippen LogP contribution in [-0.4, -0.2) is 0 Å². The van der Waals surface area contributed by atoms with Crippen LogP contribution in [0.3, 0.4) is 0 Å².